The van der Waals surface area contributed by atoms with Crippen LogP contribution in [0.5, 0.6) is 0 Å². The van der Waals surface area contributed by atoms with Crippen LogP contribution in [0.3, 0.4) is 0 Å². The number of nitrogens with zero attached hydrogens (tertiary/aromatic N) is 4. The molecular formula is C22H24F2N4O. The minimum atomic E-state index is -2.67. The summed E-state index contributed by atoms with van der Waals surface area (Å²) in [6.45, 7) is 3.90. The fraction of sp³-hybridized carbons (Fsp3) is 0.364. The molecule has 1 amide bonds. The third-order valence-corrected chi connectivity index (χ3v) is 5.35. The van der Waals surface area contributed by atoms with Crippen molar-refractivity contribution >= 4 is 22.6 Å². The summed E-state index contributed by atoms with van der Waals surface area (Å²) < 4.78 is 28.6. The zero-order valence-corrected chi connectivity index (χ0v) is 16.6. The van der Waals surface area contributed by atoms with Crippen molar-refractivity contribution in [3.05, 3.63) is 48.5 Å². The number of rotatable bonds is 4. The van der Waals surface area contributed by atoms with Gasteiger partial charge in [-0.05, 0) is 24.3 Å². The van der Waals surface area contributed by atoms with E-state index in [1.165, 1.54) is 0 Å². The van der Waals surface area contributed by atoms with E-state index in [1.54, 1.807) is 24.3 Å². The van der Waals surface area contributed by atoms with Gasteiger partial charge in [0.15, 0.2) is 0 Å². The van der Waals surface area contributed by atoms with Crippen LogP contribution in [-0.2, 0) is 4.79 Å². The SMILES string of the molecule is CC(C)C(=O)N1CCN(c2cccc(-c3nc4ccccc4n3C(F)F)c2)CC1. The molecule has 2 aromatic carbocycles. The van der Waals surface area contributed by atoms with Crippen LogP contribution in [0.25, 0.3) is 22.4 Å². The van der Waals surface area contributed by atoms with Crippen LogP contribution in [0.15, 0.2) is 48.5 Å². The zero-order valence-electron chi connectivity index (χ0n) is 16.6. The lowest BCUT2D eigenvalue weighted by Gasteiger charge is -2.37. The summed E-state index contributed by atoms with van der Waals surface area (Å²) in [5.41, 5.74) is 2.57. The number of carbonyl (C=O) groups excluding carboxylic acids is 1. The Morgan fingerprint density at radius 1 is 1.00 bits per heavy atom. The normalized spacial score (nSPS) is 15.0. The number of anilines is 1. The van der Waals surface area contributed by atoms with Crippen molar-refractivity contribution < 1.29 is 13.6 Å². The fourth-order valence-corrected chi connectivity index (χ4v) is 3.84. The molecule has 0 N–H and O–H groups in total. The van der Waals surface area contributed by atoms with E-state index in [1.807, 2.05) is 43.0 Å². The smallest absolute Gasteiger partial charge is 0.320 e. The van der Waals surface area contributed by atoms with Gasteiger partial charge >= 0.3 is 6.55 Å². The van der Waals surface area contributed by atoms with E-state index in [9.17, 15) is 13.6 Å². The highest BCUT2D eigenvalue weighted by molar-refractivity contribution is 5.81. The number of amides is 1. The molecule has 152 valence electrons. The van der Waals surface area contributed by atoms with E-state index in [4.69, 9.17) is 0 Å². The van der Waals surface area contributed by atoms with Gasteiger partial charge in [0.2, 0.25) is 5.91 Å². The summed E-state index contributed by atoms with van der Waals surface area (Å²) in [7, 11) is 0. The first-order valence-electron chi connectivity index (χ1n) is 9.85. The lowest BCUT2D eigenvalue weighted by molar-refractivity contribution is -0.134. The third kappa shape index (κ3) is 3.69. The molecule has 1 saturated heterocycles. The number of carbonyl (C=O) groups is 1. The Kier molecular flexibility index (Phi) is 5.22. The molecule has 7 heteroatoms. The van der Waals surface area contributed by atoms with Gasteiger partial charge in [0.1, 0.15) is 5.82 Å². The molecule has 29 heavy (non-hydrogen) atoms. The number of piperazine rings is 1. The van der Waals surface area contributed by atoms with Crippen molar-refractivity contribution in [2.24, 2.45) is 5.92 Å². The van der Waals surface area contributed by atoms with Crippen molar-refractivity contribution in [2.75, 3.05) is 31.1 Å². The van der Waals surface area contributed by atoms with Gasteiger partial charge in [-0.25, -0.2) is 4.98 Å². The molecule has 0 bridgehead atoms. The minimum absolute atomic E-state index is 0.00721. The predicted molar refractivity (Wildman–Crippen MR) is 110 cm³/mol. The molecule has 0 aliphatic carbocycles. The van der Waals surface area contributed by atoms with Gasteiger partial charge in [0.25, 0.3) is 0 Å². The van der Waals surface area contributed by atoms with E-state index in [0.29, 0.717) is 42.8 Å². The lowest BCUT2D eigenvalue weighted by atomic mass is 10.1. The maximum atomic E-state index is 13.8. The summed E-state index contributed by atoms with van der Waals surface area (Å²) >= 11 is 0. The van der Waals surface area contributed by atoms with Crippen LogP contribution in [0, 0.1) is 5.92 Å². The quantitative estimate of drug-likeness (QED) is 0.654. The molecule has 4 rings (SSSR count). The Hall–Kier alpha value is -2.96. The second-order valence-electron chi connectivity index (χ2n) is 7.59. The van der Waals surface area contributed by atoms with Gasteiger partial charge in [-0.3, -0.25) is 9.36 Å². The first kappa shape index (κ1) is 19.4. The zero-order chi connectivity index (χ0) is 20.5. The fourth-order valence-electron chi connectivity index (χ4n) is 3.84. The van der Waals surface area contributed by atoms with Crippen molar-refractivity contribution in [1.29, 1.82) is 0 Å². The number of benzene rings is 2. The van der Waals surface area contributed by atoms with Crippen LogP contribution in [0.2, 0.25) is 0 Å². The van der Waals surface area contributed by atoms with Crippen LogP contribution < -0.4 is 4.90 Å². The molecule has 1 aliphatic heterocycles. The van der Waals surface area contributed by atoms with Crippen LogP contribution in [0.1, 0.15) is 20.4 Å². The molecule has 0 spiro atoms. The number of hydrogen-bond acceptors (Lipinski definition) is 3. The van der Waals surface area contributed by atoms with Crippen molar-refractivity contribution in [3.8, 4) is 11.4 Å². The molecule has 1 aliphatic rings. The Morgan fingerprint density at radius 3 is 2.41 bits per heavy atom. The number of alkyl halides is 2. The number of para-hydroxylation sites is 2. The number of fused-ring (bicyclic) bond motifs is 1. The van der Waals surface area contributed by atoms with Gasteiger partial charge in [0, 0.05) is 43.3 Å². The summed E-state index contributed by atoms with van der Waals surface area (Å²) in [6, 6.07) is 14.5. The van der Waals surface area contributed by atoms with Crippen molar-refractivity contribution in [2.45, 2.75) is 20.4 Å². The molecule has 5 nitrogen and oxygen atoms in total. The molecule has 0 unspecified atom stereocenters. The summed E-state index contributed by atoms with van der Waals surface area (Å²) in [5.74, 6) is 0.424. The Labute approximate surface area is 168 Å². The average molecular weight is 398 g/mol. The highest BCUT2D eigenvalue weighted by Gasteiger charge is 2.24. The van der Waals surface area contributed by atoms with E-state index in [2.05, 4.69) is 9.88 Å². The number of imidazole rings is 1. The minimum Gasteiger partial charge on any atom is -0.368 e. The summed E-state index contributed by atoms with van der Waals surface area (Å²) in [4.78, 5) is 20.7. The molecule has 0 saturated carbocycles. The molecule has 0 atom stereocenters. The number of halogens is 2. The topological polar surface area (TPSA) is 41.4 Å². The molecule has 1 aromatic heterocycles. The standard InChI is InChI=1S/C22H24F2N4O/c1-15(2)21(29)27-12-10-26(11-13-27)17-7-5-6-16(14-17)20-25-18-8-3-4-9-19(18)28(20)22(23)24/h3-9,14-15,22H,10-13H2,1-2H3. The van der Waals surface area contributed by atoms with Gasteiger partial charge in [-0.2, -0.15) is 8.78 Å². The lowest BCUT2D eigenvalue weighted by Crippen LogP contribution is -2.49. The van der Waals surface area contributed by atoms with Gasteiger partial charge in [-0.15, -0.1) is 0 Å². The highest BCUT2D eigenvalue weighted by Crippen LogP contribution is 2.31. The van der Waals surface area contributed by atoms with E-state index in [-0.39, 0.29) is 17.6 Å². The molecule has 0 radical (unpaired) electrons. The first-order valence-corrected chi connectivity index (χ1v) is 9.85. The second kappa shape index (κ2) is 7.81. The highest BCUT2D eigenvalue weighted by atomic mass is 19.3. The second-order valence-corrected chi connectivity index (χ2v) is 7.59. The third-order valence-electron chi connectivity index (χ3n) is 5.35. The maximum absolute atomic E-state index is 13.8. The summed E-state index contributed by atoms with van der Waals surface area (Å²) in [5, 5.41) is 0. The van der Waals surface area contributed by atoms with Gasteiger partial charge in [-0.1, -0.05) is 38.1 Å². The first-order chi connectivity index (χ1) is 14.0. The van der Waals surface area contributed by atoms with Crippen molar-refractivity contribution in [1.82, 2.24) is 14.5 Å². The monoisotopic (exact) mass is 398 g/mol. The number of hydrogen-bond donors (Lipinski definition) is 0. The largest absolute Gasteiger partial charge is 0.368 e. The van der Waals surface area contributed by atoms with Gasteiger partial charge < -0.3 is 9.80 Å². The van der Waals surface area contributed by atoms with Crippen LogP contribution in [0.4, 0.5) is 14.5 Å². The van der Waals surface area contributed by atoms with E-state index < -0.39 is 6.55 Å². The average Bonchev–Trinajstić information content (AvgIpc) is 3.13. The maximum Gasteiger partial charge on any atom is 0.320 e. The summed E-state index contributed by atoms with van der Waals surface area (Å²) in [6.07, 6.45) is 0. The van der Waals surface area contributed by atoms with E-state index >= 15 is 0 Å². The Balaban J connectivity index is 1.62. The Bertz CT molecular complexity index is 1020. The Morgan fingerprint density at radius 2 is 1.72 bits per heavy atom. The molecule has 1 fully saturated rings. The molecule has 3 aromatic rings. The van der Waals surface area contributed by atoms with E-state index in [0.717, 1.165) is 10.3 Å². The van der Waals surface area contributed by atoms with Crippen molar-refractivity contribution in [3.63, 3.8) is 0 Å². The molecular weight excluding hydrogens is 374 g/mol. The predicted octanol–water partition coefficient (Wildman–Crippen LogP) is 4.40. The van der Waals surface area contributed by atoms with Crippen LogP contribution in [-0.4, -0.2) is 46.5 Å². The van der Waals surface area contributed by atoms with Crippen LogP contribution >= 0.6 is 0 Å². The molecule has 2 heterocycles. The number of aromatic nitrogens is 2. The van der Waals surface area contributed by atoms with Gasteiger partial charge in [0.05, 0.1) is 11.0 Å².